The van der Waals surface area contributed by atoms with E-state index in [1.165, 1.54) is 0 Å². The fourth-order valence-corrected chi connectivity index (χ4v) is 1.59. The van der Waals surface area contributed by atoms with Crippen molar-refractivity contribution in [3.8, 4) is 17.2 Å². The van der Waals surface area contributed by atoms with Gasteiger partial charge in [-0.15, -0.1) is 0 Å². The smallest absolute Gasteiger partial charge is 0.164 e. The van der Waals surface area contributed by atoms with E-state index in [4.69, 9.17) is 14.2 Å². The summed E-state index contributed by atoms with van der Waals surface area (Å²) in [5, 5.41) is 3.43. The molecule has 1 rings (SSSR count). The molecule has 0 radical (unpaired) electrons. The Morgan fingerprint density at radius 3 is 1.83 bits per heavy atom. The molecule has 0 aliphatic carbocycles. The molecule has 0 amide bonds. The highest BCUT2D eigenvalue weighted by atomic mass is 16.5. The van der Waals surface area contributed by atoms with E-state index in [1.807, 2.05) is 12.1 Å². The highest BCUT2D eigenvalue weighted by Gasteiger charge is 2.14. The lowest BCUT2D eigenvalue weighted by Crippen LogP contribution is -2.35. The molecular weight excluding hydrogens is 230 g/mol. The van der Waals surface area contributed by atoms with Gasteiger partial charge >= 0.3 is 0 Å². The maximum absolute atomic E-state index is 5.38. The molecule has 0 spiro atoms. The van der Waals surface area contributed by atoms with Crippen LogP contribution in [0.1, 0.15) is 26.3 Å². The zero-order chi connectivity index (χ0) is 13.8. The van der Waals surface area contributed by atoms with Gasteiger partial charge in [0.05, 0.1) is 21.3 Å². The van der Waals surface area contributed by atoms with Crippen LogP contribution >= 0.6 is 0 Å². The van der Waals surface area contributed by atoms with Gasteiger partial charge in [-0.1, -0.05) is 0 Å². The lowest BCUT2D eigenvalue weighted by atomic mass is 10.1. The van der Waals surface area contributed by atoms with E-state index in [9.17, 15) is 0 Å². The summed E-state index contributed by atoms with van der Waals surface area (Å²) in [7, 11) is 4.90. The van der Waals surface area contributed by atoms with E-state index < -0.39 is 0 Å². The predicted octanol–water partition coefficient (Wildman–Crippen LogP) is 2.60. The molecule has 1 aromatic rings. The number of ether oxygens (including phenoxy) is 3. The molecule has 0 saturated heterocycles. The molecule has 1 aromatic carbocycles. The van der Waals surface area contributed by atoms with Gasteiger partial charge in [0.15, 0.2) is 11.5 Å². The normalized spacial score (nSPS) is 11.2. The summed E-state index contributed by atoms with van der Waals surface area (Å²) < 4.78 is 15.9. The molecule has 102 valence electrons. The van der Waals surface area contributed by atoms with Gasteiger partial charge in [-0.05, 0) is 26.8 Å². The third-order valence-corrected chi connectivity index (χ3v) is 2.60. The topological polar surface area (TPSA) is 39.7 Å². The molecule has 0 fully saturated rings. The van der Waals surface area contributed by atoms with Crippen molar-refractivity contribution < 1.29 is 14.2 Å². The number of hydrogen-bond donors (Lipinski definition) is 1. The highest BCUT2D eigenvalue weighted by Crippen LogP contribution is 2.34. The molecule has 0 unspecified atom stereocenters. The van der Waals surface area contributed by atoms with Crippen LogP contribution in [-0.4, -0.2) is 26.9 Å². The van der Waals surface area contributed by atoms with Crippen LogP contribution < -0.4 is 19.5 Å². The van der Waals surface area contributed by atoms with Crippen LogP contribution in [0.2, 0.25) is 0 Å². The van der Waals surface area contributed by atoms with Crippen molar-refractivity contribution in [2.24, 2.45) is 0 Å². The monoisotopic (exact) mass is 253 g/mol. The Hall–Kier alpha value is -1.42. The van der Waals surface area contributed by atoms with Crippen LogP contribution in [0.25, 0.3) is 0 Å². The van der Waals surface area contributed by atoms with Gasteiger partial charge < -0.3 is 19.5 Å². The fourth-order valence-electron chi connectivity index (χ4n) is 1.59. The van der Waals surface area contributed by atoms with E-state index in [0.717, 1.165) is 11.3 Å². The maximum Gasteiger partial charge on any atom is 0.164 e. The molecule has 0 aliphatic rings. The molecule has 1 N–H and O–H groups in total. The van der Waals surface area contributed by atoms with Crippen LogP contribution in [0.15, 0.2) is 12.1 Å². The third-order valence-electron chi connectivity index (χ3n) is 2.60. The van der Waals surface area contributed by atoms with E-state index in [2.05, 4.69) is 26.1 Å². The van der Waals surface area contributed by atoms with Crippen LogP contribution in [0, 0.1) is 0 Å². The van der Waals surface area contributed by atoms with Crippen molar-refractivity contribution in [1.29, 1.82) is 0 Å². The van der Waals surface area contributed by atoms with Gasteiger partial charge in [0.25, 0.3) is 0 Å². The minimum atomic E-state index is 0.0537. The third kappa shape index (κ3) is 3.81. The minimum absolute atomic E-state index is 0.0537. The van der Waals surface area contributed by atoms with Gasteiger partial charge in [-0.2, -0.15) is 0 Å². The summed E-state index contributed by atoms with van der Waals surface area (Å²) in [4.78, 5) is 0. The Kier molecular flexibility index (Phi) is 4.84. The first kappa shape index (κ1) is 14.6. The first-order valence-corrected chi connectivity index (χ1v) is 5.95. The van der Waals surface area contributed by atoms with Gasteiger partial charge in [-0.25, -0.2) is 0 Å². The lowest BCUT2D eigenvalue weighted by Gasteiger charge is -2.22. The average molecular weight is 253 g/mol. The lowest BCUT2D eigenvalue weighted by molar-refractivity contribution is 0.345. The molecule has 0 aliphatic heterocycles. The van der Waals surface area contributed by atoms with E-state index in [1.54, 1.807) is 21.3 Å². The van der Waals surface area contributed by atoms with Gasteiger partial charge in [0.2, 0.25) is 0 Å². The summed E-state index contributed by atoms with van der Waals surface area (Å²) in [6, 6.07) is 3.79. The summed E-state index contributed by atoms with van der Waals surface area (Å²) in [6.07, 6.45) is 0. The van der Waals surface area contributed by atoms with E-state index in [-0.39, 0.29) is 5.54 Å². The summed E-state index contributed by atoms with van der Waals surface area (Å²) in [5.74, 6) is 2.18. The number of rotatable bonds is 5. The van der Waals surface area contributed by atoms with Crippen molar-refractivity contribution in [3.05, 3.63) is 17.7 Å². The Morgan fingerprint density at radius 1 is 0.889 bits per heavy atom. The van der Waals surface area contributed by atoms with Crippen LogP contribution in [0.3, 0.4) is 0 Å². The van der Waals surface area contributed by atoms with E-state index >= 15 is 0 Å². The summed E-state index contributed by atoms with van der Waals surface area (Å²) in [5.41, 5.74) is 1.10. The fraction of sp³-hybridized carbons (Fsp3) is 0.571. The minimum Gasteiger partial charge on any atom is -0.496 e. The standard InChI is InChI=1S/C14H23NO3/c1-14(2,3)15-9-10-7-12(17-5)13(18-6)8-11(10)16-4/h7-8,15H,9H2,1-6H3. The first-order chi connectivity index (χ1) is 8.41. The summed E-state index contributed by atoms with van der Waals surface area (Å²) in [6.45, 7) is 7.09. The molecule has 18 heavy (non-hydrogen) atoms. The highest BCUT2D eigenvalue weighted by molar-refractivity contribution is 5.50. The van der Waals surface area contributed by atoms with Crippen molar-refractivity contribution in [2.75, 3.05) is 21.3 Å². The number of methoxy groups -OCH3 is 3. The second kappa shape index (κ2) is 5.96. The van der Waals surface area contributed by atoms with Gasteiger partial charge in [-0.3, -0.25) is 0 Å². The molecule has 0 heterocycles. The van der Waals surface area contributed by atoms with E-state index in [0.29, 0.717) is 18.0 Å². The molecule has 0 aromatic heterocycles. The zero-order valence-electron chi connectivity index (χ0n) is 12.1. The van der Waals surface area contributed by atoms with Gasteiger partial charge in [0.1, 0.15) is 5.75 Å². The van der Waals surface area contributed by atoms with Crippen LogP contribution in [0.5, 0.6) is 17.2 Å². The molecule has 0 atom stereocenters. The largest absolute Gasteiger partial charge is 0.496 e. The second-order valence-electron chi connectivity index (χ2n) is 5.12. The van der Waals surface area contributed by atoms with Crippen molar-refractivity contribution in [2.45, 2.75) is 32.9 Å². The Bertz CT molecular complexity index is 397. The number of hydrogen-bond acceptors (Lipinski definition) is 4. The molecule has 4 nitrogen and oxygen atoms in total. The number of nitrogens with one attached hydrogen (secondary N) is 1. The van der Waals surface area contributed by atoms with Crippen molar-refractivity contribution >= 4 is 0 Å². The van der Waals surface area contributed by atoms with Crippen molar-refractivity contribution in [1.82, 2.24) is 5.32 Å². The SMILES string of the molecule is COc1cc(OC)c(OC)cc1CNC(C)(C)C. The molecule has 0 bridgehead atoms. The average Bonchev–Trinajstić information content (AvgIpc) is 2.34. The Balaban J connectivity index is 3.02. The maximum atomic E-state index is 5.38. The Labute approximate surface area is 109 Å². The van der Waals surface area contributed by atoms with Crippen LogP contribution in [0.4, 0.5) is 0 Å². The molecule has 0 saturated carbocycles. The second-order valence-corrected chi connectivity index (χ2v) is 5.12. The number of benzene rings is 1. The Morgan fingerprint density at radius 2 is 1.39 bits per heavy atom. The first-order valence-electron chi connectivity index (χ1n) is 5.95. The summed E-state index contributed by atoms with van der Waals surface area (Å²) >= 11 is 0. The van der Waals surface area contributed by atoms with Crippen molar-refractivity contribution in [3.63, 3.8) is 0 Å². The van der Waals surface area contributed by atoms with Gasteiger partial charge in [0, 0.05) is 23.7 Å². The molecule has 4 heteroatoms. The quantitative estimate of drug-likeness (QED) is 0.875. The predicted molar refractivity (Wildman–Crippen MR) is 72.7 cm³/mol. The zero-order valence-corrected chi connectivity index (χ0v) is 12.1. The van der Waals surface area contributed by atoms with Crippen LogP contribution in [-0.2, 0) is 6.54 Å². The molecular formula is C14H23NO3.